The molecule has 0 saturated carbocycles. The molecule has 3 aliphatic rings. The molecule has 3 aliphatic heterocycles. The van der Waals surface area contributed by atoms with Crippen molar-refractivity contribution in [3.05, 3.63) is 0 Å². The van der Waals surface area contributed by atoms with E-state index in [9.17, 15) is 20.4 Å². The minimum absolute atomic E-state index is 0.0509. The first-order valence-corrected chi connectivity index (χ1v) is 10.2. The molecular formula is C19H34O10. The Morgan fingerprint density at radius 1 is 0.690 bits per heavy atom. The van der Waals surface area contributed by atoms with Gasteiger partial charge in [-0.2, -0.15) is 0 Å². The average Bonchev–Trinajstić information content (AvgIpc) is 2.64. The first kappa shape index (κ1) is 23.3. The van der Waals surface area contributed by atoms with Crippen LogP contribution in [-0.2, 0) is 28.4 Å². The standard InChI is InChI=1S/C19H34O10/c1-8-17(23)13(24-4)7-16(26-8)29-19-10(3)27-15(6-12(19)21)28-18-9(2)25-14(22)5-11(18)20/h8-23H,5-7H2,1-4H3/t8-,9-,10-,11+,12+,13-,14?,15+,16+,17-,18-,19-/m1/s1. The predicted molar refractivity (Wildman–Crippen MR) is 97.6 cm³/mol. The molecule has 0 aromatic rings. The Kier molecular flexibility index (Phi) is 7.88. The van der Waals surface area contributed by atoms with Crippen molar-refractivity contribution < 1.29 is 48.8 Å². The van der Waals surface area contributed by atoms with Gasteiger partial charge in [-0.15, -0.1) is 0 Å². The second kappa shape index (κ2) is 9.82. The van der Waals surface area contributed by atoms with Gasteiger partial charge in [0.1, 0.15) is 18.3 Å². The van der Waals surface area contributed by atoms with Crippen molar-refractivity contribution >= 4 is 0 Å². The van der Waals surface area contributed by atoms with E-state index in [0.717, 1.165) is 0 Å². The van der Waals surface area contributed by atoms with Crippen LogP contribution in [-0.4, -0.2) is 101 Å². The molecule has 3 rings (SSSR count). The minimum Gasteiger partial charge on any atom is -0.390 e. The van der Waals surface area contributed by atoms with E-state index in [1.54, 1.807) is 20.8 Å². The normalized spacial score (nSPS) is 51.7. The lowest BCUT2D eigenvalue weighted by molar-refractivity contribution is -0.332. The molecule has 10 heteroatoms. The van der Waals surface area contributed by atoms with Gasteiger partial charge in [-0.25, -0.2) is 0 Å². The number of hydrogen-bond acceptors (Lipinski definition) is 10. The molecule has 3 saturated heterocycles. The molecule has 0 aliphatic carbocycles. The van der Waals surface area contributed by atoms with Crippen LogP contribution in [0, 0.1) is 0 Å². The molecule has 10 nitrogen and oxygen atoms in total. The summed E-state index contributed by atoms with van der Waals surface area (Å²) >= 11 is 0. The summed E-state index contributed by atoms with van der Waals surface area (Å²) in [4.78, 5) is 0. The van der Waals surface area contributed by atoms with Crippen molar-refractivity contribution in [1.29, 1.82) is 0 Å². The summed E-state index contributed by atoms with van der Waals surface area (Å²) in [5, 5.41) is 40.4. The van der Waals surface area contributed by atoms with Gasteiger partial charge in [0, 0.05) is 26.4 Å². The van der Waals surface area contributed by atoms with E-state index in [0.29, 0.717) is 6.42 Å². The minimum atomic E-state index is -1.03. The van der Waals surface area contributed by atoms with Crippen LogP contribution in [0.2, 0.25) is 0 Å². The van der Waals surface area contributed by atoms with E-state index in [4.69, 9.17) is 28.4 Å². The van der Waals surface area contributed by atoms with E-state index in [1.165, 1.54) is 7.11 Å². The fraction of sp³-hybridized carbons (Fsp3) is 1.00. The third-order valence-corrected chi connectivity index (χ3v) is 5.87. The van der Waals surface area contributed by atoms with Gasteiger partial charge in [0.15, 0.2) is 18.9 Å². The van der Waals surface area contributed by atoms with Crippen LogP contribution in [0.15, 0.2) is 0 Å². The van der Waals surface area contributed by atoms with Gasteiger partial charge in [0.2, 0.25) is 0 Å². The maximum absolute atomic E-state index is 10.6. The number of aliphatic hydroxyl groups is 4. The molecule has 29 heavy (non-hydrogen) atoms. The van der Waals surface area contributed by atoms with Gasteiger partial charge < -0.3 is 48.8 Å². The molecule has 3 fully saturated rings. The van der Waals surface area contributed by atoms with Crippen LogP contribution >= 0.6 is 0 Å². The summed E-state index contributed by atoms with van der Waals surface area (Å²) in [6.45, 7) is 5.20. The molecule has 4 N–H and O–H groups in total. The van der Waals surface area contributed by atoms with Crippen molar-refractivity contribution in [1.82, 2.24) is 0 Å². The zero-order valence-electron chi connectivity index (χ0n) is 17.3. The van der Waals surface area contributed by atoms with E-state index in [-0.39, 0.29) is 12.8 Å². The Morgan fingerprint density at radius 2 is 1.21 bits per heavy atom. The fourth-order valence-corrected chi connectivity index (χ4v) is 4.22. The number of methoxy groups -OCH3 is 1. The first-order chi connectivity index (χ1) is 13.7. The van der Waals surface area contributed by atoms with E-state index in [1.807, 2.05) is 0 Å². The van der Waals surface area contributed by atoms with Crippen molar-refractivity contribution in [2.75, 3.05) is 7.11 Å². The third-order valence-electron chi connectivity index (χ3n) is 5.87. The second-order valence-electron chi connectivity index (χ2n) is 8.15. The maximum Gasteiger partial charge on any atom is 0.161 e. The Labute approximate surface area is 170 Å². The quantitative estimate of drug-likeness (QED) is 0.448. The molecule has 0 radical (unpaired) electrons. The SMILES string of the molecule is CO[C@@H]1C[C@H](O[C@H]2[C@@H](O)C[C@H](O[C@H]3[C@@H](O)CC(O)O[C@@H]3C)O[C@@H]2C)O[C@H](C)[C@H]1O. The fourth-order valence-electron chi connectivity index (χ4n) is 4.22. The van der Waals surface area contributed by atoms with Gasteiger partial charge in [0.25, 0.3) is 0 Å². The smallest absolute Gasteiger partial charge is 0.161 e. The summed E-state index contributed by atoms with van der Waals surface area (Å²) in [7, 11) is 1.52. The Morgan fingerprint density at radius 3 is 1.76 bits per heavy atom. The number of hydrogen-bond donors (Lipinski definition) is 4. The van der Waals surface area contributed by atoms with Crippen molar-refractivity contribution in [2.45, 2.75) is 114 Å². The monoisotopic (exact) mass is 422 g/mol. The molecule has 0 amide bonds. The van der Waals surface area contributed by atoms with Gasteiger partial charge in [0.05, 0.1) is 36.6 Å². The average molecular weight is 422 g/mol. The first-order valence-electron chi connectivity index (χ1n) is 10.2. The molecule has 12 atom stereocenters. The Balaban J connectivity index is 1.55. The summed E-state index contributed by atoms with van der Waals surface area (Å²) < 4.78 is 34.0. The van der Waals surface area contributed by atoms with Crippen LogP contribution < -0.4 is 0 Å². The molecule has 1 unspecified atom stereocenters. The highest BCUT2D eigenvalue weighted by Crippen LogP contribution is 2.31. The highest BCUT2D eigenvalue weighted by Gasteiger charge is 2.44. The Bertz CT molecular complexity index is 497. The van der Waals surface area contributed by atoms with Crippen LogP contribution in [0.3, 0.4) is 0 Å². The van der Waals surface area contributed by atoms with Gasteiger partial charge in [-0.05, 0) is 20.8 Å². The molecule has 3 heterocycles. The van der Waals surface area contributed by atoms with Crippen molar-refractivity contribution in [3.63, 3.8) is 0 Å². The third kappa shape index (κ3) is 5.45. The maximum atomic E-state index is 10.6. The zero-order chi connectivity index (χ0) is 21.3. The van der Waals surface area contributed by atoms with Gasteiger partial charge in [-0.1, -0.05) is 0 Å². The largest absolute Gasteiger partial charge is 0.390 e. The van der Waals surface area contributed by atoms with Gasteiger partial charge in [-0.3, -0.25) is 0 Å². The highest BCUT2D eigenvalue weighted by atomic mass is 16.7. The number of rotatable bonds is 5. The topological polar surface area (TPSA) is 136 Å². The number of aliphatic hydroxyl groups excluding tert-OH is 4. The highest BCUT2D eigenvalue weighted by molar-refractivity contribution is 4.87. The predicted octanol–water partition coefficient (Wildman–Crippen LogP) is -0.748. The summed E-state index contributed by atoms with van der Waals surface area (Å²) in [5.74, 6) is 0. The van der Waals surface area contributed by atoms with E-state index in [2.05, 4.69) is 0 Å². The lowest BCUT2D eigenvalue weighted by atomic mass is 9.99. The summed E-state index contributed by atoms with van der Waals surface area (Å²) in [6.07, 6.45) is -7.62. The van der Waals surface area contributed by atoms with Crippen LogP contribution in [0.4, 0.5) is 0 Å². The van der Waals surface area contributed by atoms with E-state index < -0.39 is 73.8 Å². The molecular weight excluding hydrogens is 388 g/mol. The van der Waals surface area contributed by atoms with Gasteiger partial charge >= 0.3 is 0 Å². The molecule has 0 bridgehead atoms. The summed E-state index contributed by atoms with van der Waals surface area (Å²) in [5.41, 5.74) is 0. The molecule has 0 aromatic heterocycles. The van der Waals surface area contributed by atoms with Crippen molar-refractivity contribution in [2.24, 2.45) is 0 Å². The lowest BCUT2D eigenvalue weighted by Crippen LogP contribution is -2.56. The zero-order valence-corrected chi connectivity index (χ0v) is 17.3. The summed E-state index contributed by atoms with van der Waals surface area (Å²) in [6, 6.07) is 0. The lowest BCUT2D eigenvalue weighted by Gasteiger charge is -2.44. The van der Waals surface area contributed by atoms with E-state index >= 15 is 0 Å². The van der Waals surface area contributed by atoms with Crippen LogP contribution in [0.25, 0.3) is 0 Å². The Hall–Kier alpha value is -0.400. The molecule has 0 aromatic carbocycles. The molecule has 0 spiro atoms. The van der Waals surface area contributed by atoms with Crippen molar-refractivity contribution in [3.8, 4) is 0 Å². The number of ether oxygens (including phenoxy) is 6. The second-order valence-corrected chi connectivity index (χ2v) is 8.15. The molecule has 170 valence electrons. The van der Waals surface area contributed by atoms with Crippen LogP contribution in [0.5, 0.6) is 0 Å². The van der Waals surface area contributed by atoms with Crippen LogP contribution in [0.1, 0.15) is 40.0 Å².